The summed E-state index contributed by atoms with van der Waals surface area (Å²) in [5.74, 6) is 1.33. The van der Waals surface area contributed by atoms with Crippen molar-refractivity contribution in [3.8, 4) is 0 Å². The number of carbonyl (C=O) groups is 1. The molecule has 0 fully saturated rings. The van der Waals surface area contributed by atoms with Crippen molar-refractivity contribution in [2.75, 3.05) is 13.2 Å². The van der Waals surface area contributed by atoms with E-state index in [-0.39, 0.29) is 11.9 Å². The molecule has 0 saturated heterocycles. The van der Waals surface area contributed by atoms with Crippen molar-refractivity contribution >= 4 is 5.97 Å². The largest absolute Gasteiger partial charge is 0.465 e. The predicted octanol–water partition coefficient (Wildman–Crippen LogP) is 2.47. The normalized spacial score (nSPS) is 18.0. The molecule has 3 heterocycles. The lowest BCUT2D eigenvalue weighted by molar-refractivity contribution is -0.146. The first-order chi connectivity index (χ1) is 11.1. The van der Waals surface area contributed by atoms with Gasteiger partial charge in [-0.2, -0.15) is 0 Å². The molecule has 0 N–H and O–H groups in total. The van der Waals surface area contributed by atoms with E-state index in [4.69, 9.17) is 9.15 Å². The van der Waals surface area contributed by atoms with Gasteiger partial charge in [-0.15, -0.1) is 0 Å². The van der Waals surface area contributed by atoms with Crippen molar-refractivity contribution in [1.29, 1.82) is 0 Å². The van der Waals surface area contributed by atoms with Crippen molar-refractivity contribution in [3.63, 3.8) is 0 Å². The predicted molar refractivity (Wildman–Crippen MR) is 84.8 cm³/mol. The van der Waals surface area contributed by atoms with E-state index in [2.05, 4.69) is 16.8 Å². The lowest BCUT2D eigenvalue weighted by atomic mass is 9.98. The van der Waals surface area contributed by atoms with Crippen molar-refractivity contribution < 1.29 is 13.9 Å². The number of furan rings is 1. The number of aryl methyl sites for hydroxylation is 2. The summed E-state index contributed by atoms with van der Waals surface area (Å²) < 4.78 is 13.0. The van der Waals surface area contributed by atoms with Gasteiger partial charge >= 0.3 is 5.97 Å². The third-order valence-electron chi connectivity index (χ3n) is 4.19. The summed E-state index contributed by atoms with van der Waals surface area (Å²) in [7, 11) is 0. The average molecular weight is 317 g/mol. The Morgan fingerprint density at radius 3 is 2.91 bits per heavy atom. The van der Waals surface area contributed by atoms with Crippen LogP contribution in [0.4, 0.5) is 0 Å². The van der Waals surface area contributed by atoms with Gasteiger partial charge in [0.05, 0.1) is 30.9 Å². The summed E-state index contributed by atoms with van der Waals surface area (Å²) in [6.45, 7) is 9.03. The number of ether oxygens (including phenoxy) is 1. The molecule has 3 rings (SSSR count). The Hall–Kier alpha value is -2.08. The first-order valence-electron chi connectivity index (χ1n) is 8.10. The van der Waals surface area contributed by atoms with Gasteiger partial charge in [-0.3, -0.25) is 9.69 Å². The SMILES string of the molecule is CCOC(=O)[C@@H]1CN(Cc2ccc(C)o2)Cc2ncn(CC)c21. The highest BCUT2D eigenvalue weighted by Crippen LogP contribution is 2.30. The van der Waals surface area contributed by atoms with Crippen LogP contribution in [0.1, 0.15) is 42.7 Å². The lowest BCUT2D eigenvalue weighted by Crippen LogP contribution is -2.38. The van der Waals surface area contributed by atoms with E-state index in [1.54, 1.807) is 0 Å². The van der Waals surface area contributed by atoms with E-state index in [9.17, 15) is 4.79 Å². The van der Waals surface area contributed by atoms with E-state index < -0.39 is 0 Å². The van der Waals surface area contributed by atoms with Crippen LogP contribution < -0.4 is 0 Å². The number of imidazole rings is 1. The summed E-state index contributed by atoms with van der Waals surface area (Å²) in [6, 6.07) is 3.94. The Bertz CT molecular complexity index is 689. The fourth-order valence-corrected chi connectivity index (χ4v) is 3.17. The second-order valence-corrected chi connectivity index (χ2v) is 5.85. The number of hydrogen-bond acceptors (Lipinski definition) is 5. The Morgan fingerprint density at radius 2 is 2.26 bits per heavy atom. The lowest BCUT2D eigenvalue weighted by Gasteiger charge is -2.31. The van der Waals surface area contributed by atoms with Crippen molar-refractivity contribution in [2.24, 2.45) is 0 Å². The number of nitrogens with zero attached hydrogens (tertiary/aromatic N) is 3. The molecule has 2 aromatic heterocycles. The molecular weight excluding hydrogens is 294 g/mol. The summed E-state index contributed by atoms with van der Waals surface area (Å²) in [4.78, 5) is 19.1. The van der Waals surface area contributed by atoms with E-state index in [0.717, 1.165) is 36.0 Å². The minimum absolute atomic E-state index is 0.177. The summed E-state index contributed by atoms with van der Waals surface area (Å²) in [5, 5.41) is 0. The third-order valence-corrected chi connectivity index (χ3v) is 4.19. The van der Waals surface area contributed by atoms with Crippen LogP contribution in [0.25, 0.3) is 0 Å². The Balaban J connectivity index is 1.85. The van der Waals surface area contributed by atoms with E-state index >= 15 is 0 Å². The fraction of sp³-hybridized carbons (Fsp3) is 0.529. The smallest absolute Gasteiger partial charge is 0.316 e. The molecule has 124 valence electrons. The van der Waals surface area contributed by atoms with Gasteiger partial charge in [0.25, 0.3) is 0 Å². The van der Waals surface area contributed by atoms with Gasteiger partial charge in [-0.25, -0.2) is 4.98 Å². The molecule has 0 aromatic carbocycles. The molecule has 1 aliphatic heterocycles. The zero-order valence-corrected chi connectivity index (χ0v) is 13.9. The highest BCUT2D eigenvalue weighted by Gasteiger charge is 2.35. The van der Waals surface area contributed by atoms with Gasteiger partial charge < -0.3 is 13.7 Å². The van der Waals surface area contributed by atoms with E-state index in [0.29, 0.717) is 19.7 Å². The van der Waals surface area contributed by atoms with Crippen LogP contribution in [0.2, 0.25) is 0 Å². The van der Waals surface area contributed by atoms with E-state index in [1.807, 2.05) is 36.9 Å². The molecule has 0 saturated carbocycles. The minimum atomic E-state index is -0.294. The second kappa shape index (κ2) is 6.58. The van der Waals surface area contributed by atoms with Crippen LogP contribution in [0.3, 0.4) is 0 Å². The quantitative estimate of drug-likeness (QED) is 0.793. The summed E-state index contributed by atoms with van der Waals surface area (Å²) >= 11 is 0. The highest BCUT2D eigenvalue weighted by atomic mass is 16.5. The van der Waals surface area contributed by atoms with Crippen LogP contribution >= 0.6 is 0 Å². The monoisotopic (exact) mass is 317 g/mol. The molecule has 1 aliphatic rings. The van der Waals surface area contributed by atoms with Crippen LogP contribution in [-0.2, 0) is 29.2 Å². The van der Waals surface area contributed by atoms with Gasteiger partial charge in [0.1, 0.15) is 17.4 Å². The van der Waals surface area contributed by atoms with Gasteiger partial charge in [0.15, 0.2) is 0 Å². The third kappa shape index (κ3) is 3.17. The van der Waals surface area contributed by atoms with E-state index in [1.165, 1.54) is 0 Å². The molecule has 6 nitrogen and oxygen atoms in total. The number of carbonyl (C=O) groups excluding carboxylic acids is 1. The molecule has 0 aliphatic carbocycles. The van der Waals surface area contributed by atoms with Gasteiger partial charge in [0.2, 0.25) is 0 Å². The summed E-state index contributed by atoms with van der Waals surface area (Å²) in [6.07, 6.45) is 1.82. The first-order valence-corrected chi connectivity index (χ1v) is 8.10. The first kappa shape index (κ1) is 15.8. The number of aromatic nitrogens is 2. The summed E-state index contributed by atoms with van der Waals surface area (Å²) in [5.41, 5.74) is 1.96. The molecule has 0 unspecified atom stereocenters. The van der Waals surface area contributed by atoms with Crippen LogP contribution in [-0.4, -0.2) is 33.6 Å². The zero-order valence-electron chi connectivity index (χ0n) is 13.9. The van der Waals surface area contributed by atoms with Crippen LogP contribution in [0, 0.1) is 6.92 Å². The van der Waals surface area contributed by atoms with Crippen molar-refractivity contribution in [3.05, 3.63) is 41.4 Å². The second-order valence-electron chi connectivity index (χ2n) is 5.85. The Morgan fingerprint density at radius 1 is 1.43 bits per heavy atom. The molecular formula is C17H23N3O3. The van der Waals surface area contributed by atoms with Crippen molar-refractivity contribution in [2.45, 2.75) is 46.3 Å². The van der Waals surface area contributed by atoms with Crippen molar-refractivity contribution in [1.82, 2.24) is 14.5 Å². The maximum Gasteiger partial charge on any atom is 0.316 e. The number of esters is 1. The molecule has 0 amide bonds. The highest BCUT2D eigenvalue weighted by molar-refractivity contribution is 5.78. The molecule has 0 bridgehead atoms. The number of hydrogen-bond donors (Lipinski definition) is 0. The average Bonchev–Trinajstić information content (AvgIpc) is 3.12. The van der Waals surface area contributed by atoms with Gasteiger partial charge in [-0.1, -0.05) is 0 Å². The maximum atomic E-state index is 12.4. The zero-order chi connectivity index (χ0) is 16.4. The number of rotatable bonds is 5. The maximum absolute atomic E-state index is 12.4. The van der Waals surface area contributed by atoms with Gasteiger partial charge in [-0.05, 0) is 32.9 Å². The molecule has 6 heteroatoms. The standard InChI is InChI=1S/C17H23N3O3/c1-4-20-11-18-15-10-19(8-13-7-6-12(3)23-13)9-14(16(15)20)17(21)22-5-2/h6-7,11,14H,4-5,8-10H2,1-3H3/t14-/m1/s1. The molecule has 0 radical (unpaired) electrons. The molecule has 23 heavy (non-hydrogen) atoms. The van der Waals surface area contributed by atoms with Crippen LogP contribution in [0.15, 0.2) is 22.9 Å². The molecule has 1 atom stereocenters. The Labute approximate surface area is 136 Å². The fourth-order valence-electron chi connectivity index (χ4n) is 3.17. The molecule has 0 spiro atoms. The minimum Gasteiger partial charge on any atom is -0.465 e. The van der Waals surface area contributed by atoms with Gasteiger partial charge in [0, 0.05) is 19.6 Å². The number of fused-ring (bicyclic) bond motifs is 1. The Kier molecular flexibility index (Phi) is 4.52. The van der Waals surface area contributed by atoms with Crippen LogP contribution in [0.5, 0.6) is 0 Å². The topological polar surface area (TPSA) is 60.5 Å². The molecule has 2 aromatic rings.